The predicted octanol–water partition coefficient (Wildman–Crippen LogP) is 2.17. The van der Waals surface area contributed by atoms with Crippen molar-refractivity contribution in [3.05, 3.63) is 60.7 Å². The lowest BCUT2D eigenvalue weighted by molar-refractivity contribution is 0.482. The van der Waals surface area contributed by atoms with Crippen LogP contribution in [-0.4, -0.2) is 5.11 Å². The highest BCUT2D eigenvalue weighted by Crippen LogP contribution is 2.19. The quantitative estimate of drug-likeness (QED) is 0.439. The molecule has 2 aromatic carbocycles. The van der Waals surface area contributed by atoms with Crippen LogP contribution in [0.25, 0.3) is 0 Å². The molecule has 0 spiro atoms. The maximum atomic E-state index is 5.58. The Bertz CT molecular complexity index is 425. The minimum Gasteiger partial charge on any atom is -0.457 e. The smallest absolute Gasteiger partial charge is 0.177 e. The molecule has 5 N–H and O–H groups in total. The fourth-order valence-corrected chi connectivity index (χ4v) is 1.11. The van der Waals surface area contributed by atoms with Gasteiger partial charge >= 0.3 is 0 Å². The molecule has 0 atom stereocenters. The third kappa shape index (κ3) is 5.83. The minimum atomic E-state index is 0.116. The first-order chi connectivity index (χ1) is 8.72. The van der Waals surface area contributed by atoms with E-state index in [4.69, 9.17) is 10.5 Å². The summed E-state index contributed by atoms with van der Waals surface area (Å²) in [5.41, 5.74) is 6.82. The lowest BCUT2D eigenvalue weighted by Gasteiger charge is -2.03. The van der Waals surface area contributed by atoms with E-state index in [0.29, 0.717) is 0 Å². The Balaban J connectivity index is 0.000000280. The number of para-hydroxylation sites is 2. The number of rotatable bonds is 2. The fraction of sp³-hybridized carbons (Fsp3) is 0. The van der Waals surface area contributed by atoms with Crippen molar-refractivity contribution in [2.24, 2.45) is 11.6 Å². The summed E-state index contributed by atoms with van der Waals surface area (Å²) in [5, 5.41) is 0.116. The molecule has 0 radical (unpaired) electrons. The molecule has 0 amide bonds. The molecule has 0 heterocycles. The lowest BCUT2D eigenvalue weighted by Crippen LogP contribution is -2.34. The third-order valence-electron chi connectivity index (χ3n) is 1.86. The van der Waals surface area contributed by atoms with Crippen LogP contribution < -0.4 is 21.7 Å². The van der Waals surface area contributed by atoms with Crippen molar-refractivity contribution in [3.63, 3.8) is 0 Å². The average Bonchev–Trinajstić information content (AvgIpc) is 2.42. The number of benzene rings is 2. The zero-order valence-corrected chi connectivity index (χ0v) is 10.6. The SMILES string of the molecule is NNC(N)=S.c1ccc(Oc2ccccc2)cc1. The maximum Gasteiger partial charge on any atom is 0.177 e. The van der Waals surface area contributed by atoms with Gasteiger partial charge in [-0.25, -0.2) is 5.84 Å². The van der Waals surface area contributed by atoms with Crippen molar-refractivity contribution in [1.82, 2.24) is 5.43 Å². The Morgan fingerprint density at radius 3 is 1.50 bits per heavy atom. The molecule has 18 heavy (non-hydrogen) atoms. The van der Waals surface area contributed by atoms with Crippen molar-refractivity contribution in [2.45, 2.75) is 0 Å². The molecule has 0 saturated heterocycles. The first-order valence-electron chi connectivity index (χ1n) is 5.26. The molecule has 5 heteroatoms. The van der Waals surface area contributed by atoms with Crippen LogP contribution in [0.3, 0.4) is 0 Å². The second kappa shape index (κ2) is 8.05. The molecule has 0 aromatic heterocycles. The molecule has 0 saturated carbocycles. The first kappa shape index (κ1) is 14.0. The molecule has 2 aromatic rings. The summed E-state index contributed by atoms with van der Waals surface area (Å²) in [6.07, 6.45) is 0. The predicted molar refractivity (Wildman–Crippen MR) is 77.1 cm³/mol. The van der Waals surface area contributed by atoms with Crippen molar-refractivity contribution in [3.8, 4) is 11.5 Å². The van der Waals surface area contributed by atoms with Gasteiger partial charge in [0.1, 0.15) is 11.5 Å². The summed E-state index contributed by atoms with van der Waals surface area (Å²) in [7, 11) is 0. The molecule has 0 aliphatic heterocycles. The molecule has 2 rings (SSSR count). The Labute approximate surface area is 112 Å². The van der Waals surface area contributed by atoms with Crippen LogP contribution in [-0.2, 0) is 0 Å². The van der Waals surface area contributed by atoms with Crippen LogP contribution in [0.2, 0.25) is 0 Å². The van der Waals surface area contributed by atoms with Gasteiger partial charge in [-0.2, -0.15) is 0 Å². The summed E-state index contributed by atoms with van der Waals surface area (Å²) in [5.74, 6) is 6.39. The molecule has 4 nitrogen and oxygen atoms in total. The Morgan fingerprint density at radius 1 is 0.889 bits per heavy atom. The molecular formula is C13H15N3OS. The van der Waals surface area contributed by atoms with E-state index >= 15 is 0 Å². The topological polar surface area (TPSA) is 73.3 Å². The third-order valence-corrected chi connectivity index (χ3v) is 1.98. The number of hydrazine groups is 1. The summed E-state index contributed by atoms with van der Waals surface area (Å²) in [6.45, 7) is 0. The van der Waals surface area contributed by atoms with E-state index < -0.39 is 0 Å². The van der Waals surface area contributed by atoms with Crippen LogP contribution in [0.1, 0.15) is 0 Å². The highest BCUT2D eigenvalue weighted by molar-refractivity contribution is 7.80. The van der Waals surface area contributed by atoms with Gasteiger partial charge in [0.25, 0.3) is 0 Å². The van der Waals surface area contributed by atoms with E-state index in [1.54, 1.807) is 0 Å². The van der Waals surface area contributed by atoms with Crippen molar-refractivity contribution in [2.75, 3.05) is 0 Å². The Kier molecular flexibility index (Phi) is 6.24. The number of ether oxygens (including phenoxy) is 1. The second-order valence-electron chi connectivity index (χ2n) is 3.24. The summed E-state index contributed by atoms with van der Waals surface area (Å²) < 4.78 is 5.58. The standard InChI is InChI=1S/C12H10O.CH5N3S/c1-3-7-11(8-4-1)13-12-9-5-2-6-10-12;2-1(5)4-3/h1-10H;3H2,(H3,2,4,5). The van der Waals surface area contributed by atoms with Crippen LogP contribution in [0.15, 0.2) is 60.7 Å². The van der Waals surface area contributed by atoms with Crippen LogP contribution in [0.5, 0.6) is 11.5 Å². The zero-order valence-electron chi connectivity index (χ0n) is 9.74. The number of thiocarbonyl (C=S) groups is 1. The fourth-order valence-electron chi connectivity index (χ4n) is 1.11. The summed E-state index contributed by atoms with van der Waals surface area (Å²) in [6, 6.07) is 19.5. The van der Waals surface area contributed by atoms with Gasteiger partial charge in [-0.1, -0.05) is 36.4 Å². The van der Waals surface area contributed by atoms with E-state index in [0.717, 1.165) is 11.5 Å². The molecule has 0 fully saturated rings. The van der Waals surface area contributed by atoms with Crippen molar-refractivity contribution in [1.29, 1.82) is 0 Å². The Morgan fingerprint density at radius 2 is 1.22 bits per heavy atom. The Hall–Kier alpha value is -2.11. The zero-order chi connectivity index (χ0) is 13.2. The first-order valence-corrected chi connectivity index (χ1v) is 5.67. The van der Waals surface area contributed by atoms with Crippen molar-refractivity contribution < 1.29 is 4.74 Å². The maximum absolute atomic E-state index is 5.58. The average molecular weight is 261 g/mol. The highest BCUT2D eigenvalue weighted by Gasteiger charge is 1.92. The molecule has 0 bridgehead atoms. The normalized spacial score (nSPS) is 8.72. The van der Waals surface area contributed by atoms with E-state index in [2.05, 4.69) is 18.1 Å². The van der Waals surface area contributed by atoms with E-state index in [9.17, 15) is 0 Å². The largest absolute Gasteiger partial charge is 0.457 e. The molecule has 0 aliphatic rings. The van der Waals surface area contributed by atoms with Crippen LogP contribution in [0, 0.1) is 0 Å². The van der Waals surface area contributed by atoms with Gasteiger partial charge in [-0.15, -0.1) is 0 Å². The lowest BCUT2D eigenvalue weighted by atomic mass is 10.3. The van der Waals surface area contributed by atoms with Gasteiger partial charge in [0, 0.05) is 0 Å². The number of nitrogens with one attached hydrogen (secondary N) is 1. The van der Waals surface area contributed by atoms with Crippen LogP contribution in [0.4, 0.5) is 0 Å². The monoisotopic (exact) mass is 261 g/mol. The van der Waals surface area contributed by atoms with Crippen molar-refractivity contribution >= 4 is 17.3 Å². The van der Waals surface area contributed by atoms with Gasteiger partial charge in [-0.05, 0) is 36.5 Å². The molecular weight excluding hydrogens is 246 g/mol. The van der Waals surface area contributed by atoms with Gasteiger partial charge in [0.15, 0.2) is 5.11 Å². The minimum absolute atomic E-state index is 0.116. The van der Waals surface area contributed by atoms with E-state index in [-0.39, 0.29) is 5.11 Å². The number of hydrogen-bond acceptors (Lipinski definition) is 3. The van der Waals surface area contributed by atoms with Gasteiger partial charge in [-0.3, -0.25) is 0 Å². The summed E-state index contributed by atoms with van der Waals surface area (Å²) >= 11 is 4.24. The second-order valence-corrected chi connectivity index (χ2v) is 3.68. The van der Waals surface area contributed by atoms with E-state index in [1.165, 1.54) is 0 Å². The summed E-state index contributed by atoms with van der Waals surface area (Å²) in [4.78, 5) is 0. The molecule has 0 unspecified atom stereocenters. The van der Waals surface area contributed by atoms with Gasteiger partial charge in [0.2, 0.25) is 0 Å². The van der Waals surface area contributed by atoms with Gasteiger partial charge in [0.05, 0.1) is 0 Å². The number of nitrogens with two attached hydrogens (primary N) is 2. The van der Waals surface area contributed by atoms with Crippen LogP contribution >= 0.6 is 12.2 Å². The number of hydrogen-bond donors (Lipinski definition) is 3. The highest BCUT2D eigenvalue weighted by atomic mass is 32.1. The van der Waals surface area contributed by atoms with Gasteiger partial charge < -0.3 is 15.9 Å². The molecule has 94 valence electrons. The van der Waals surface area contributed by atoms with E-state index in [1.807, 2.05) is 66.1 Å². The molecule has 0 aliphatic carbocycles.